The Balaban J connectivity index is 2.24. The van der Waals surface area contributed by atoms with Gasteiger partial charge in [-0.3, -0.25) is 0 Å². The fourth-order valence-electron chi connectivity index (χ4n) is 1.87. The molecule has 0 bridgehead atoms. The molecule has 0 aliphatic heterocycles. The fourth-order valence-corrected chi connectivity index (χ4v) is 1.87. The van der Waals surface area contributed by atoms with E-state index >= 15 is 0 Å². The van der Waals surface area contributed by atoms with Crippen LogP contribution in [0.4, 0.5) is 0 Å². The minimum Gasteiger partial charge on any atom is -0.497 e. The zero-order chi connectivity index (χ0) is 14.4. The number of hydrogen-bond acceptors (Lipinski definition) is 3. The third-order valence-corrected chi connectivity index (χ3v) is 3.01. The SMILES string of the molecule is COc1ccc(C=Cc2cc(OC)ccc2OC)cc1. The fraction of sp³-hybridized carbons (Fsp3) is 0.176. The van der Waals surface area contributed by atoms with Gasteiger partial charge in [0.05, 0.1) is 21.3 Å². The highest BCUT2D eigenvalue weighted by Crippen LogP contribution is 2.26. The first kappa shape index (κ1) is 14.0. The maximum atomic E-state index is 5.34. The van der Waals surface area contributed by atoms with Crippen molar-refractivity contribution in [2.75, 3.05) is 21.3 Å². The van der Waals surface area contributed by atoms with Crippen molar-refractivity contribution < 1.29 is 14.2 Å². The molecule has 0 aliphatic carbocycles. The molecule has 0 aromatic heterocycles. The summed E-state index contributed by atoms with van der Waals surface area (Å²) in [5.74, 6) is 2.47. The molecular formula is C17H18O3. The topological polar surface area (TPSA) is 27.7 Å². The molecule has 0 spiro atoms. The van der Waals surface area contributed by atoms with Crippen LogP contribution in [0.1, 0.15) is 11.1 Å². The molecule has 0 N–H and O–H groups in total. The van der Waals surface area contributed by atoms with Gasteiger partial charge in [0.15, 0.2) is 0 Å². The van der Waals surface area contributed by atoms with E-state index in [0.29, 0.717) is 0 Å². The largest absolute Gasteiger partial charge is 0.497 e. The number of methoxy groups -OCH3 is 3. The Morgan fingerprint density at radius 1 is 0.700 bits per heavy atom. The molecule has 3 nitrogen and oxygen atoms in total. The molecule has 0 fully saturated rings. The van der Waals surface area contributed by atoms with Crippen LogP contribution in [-0.4, -0.2) is 21.3 Å². The van der Waals surface area contributed by atoms with Gasteiger partial charge < -0.3 is 14.2 Å². The maximum Gasteiger partial charge on any atom is 0.126 e. The molecule has 0 atom stereocenters. The Morgan fingerprint density at radius 3 is 1.95 bits per heavy atom. The summed E-state index contributed by atoms with van der Waals surface area (Å²) in [4.78, 5) is 0. The molecule has 0 radical (unpaired) electrons. The minimum absolute atomic E-state index is 0.806. The first-order valence-corrected chi connectivity index (χ1v) is 6.31. The third kappa shape index (κ3) is 3.32. The molecule has 0 saturated heterocycles. The van der Waals surface area contributed by atoms with Crippen molar-refractivity contribution in [2.24, 2.45) is 0 Å². The van der Waals surface area contributed by atoms with Crippen molar-refractivity contribution in [1.82, 2.24) is 0 Å². The van der Waals surface area contributed by atoms with Crippen LogP contribution in [0.25, 0.3) is 12.2 Å². The highest BCUT2D eigenvalue weighted by Gasteiger charge is 2.01. The predicted octanol–water partition coefficient (Wildman–Crippen LogP) is 3.88. The van der Waals surface area contributed by atoms with Crippen LogP contribution < -0.4 is 14.2 Å². The number of benzene rings is 2. The summed E-state index contributed by atoms with van der Waals surface area (Å²) in [6.45, 7) is 0. The predicted molar refractivity (Wildman–Crippen MR) is 81.5 cm³/mol. The van der Waals surface area contributed by atoms with E-state index < -0.39 is 0 Å². The summed E-state index contributed by atoms with van der Waals surface area (Å²) in [6.07, 6.45) is 4.03. The van der Waals surface area contributed by atoms with Crippen molar-refractivity contribution in [1.29, 1.82) is 0 Å². The van der Waals surface area contributed by atoms with Gasteiger partial charge in [-0.1, -0.05) is 24.3 Å². The van der Waals surface area contributed by atoms with Gasteiger partial charge in [0.2, 0.25) is 0 Å². The van der Waals surface area contributed by atoms with Crippen LogP contribution in [0.15, 0.2) is 42.5 Å². The second-order valence-electron chi connectivity index (χ2n) is 4.21. The minimum atomic E-state index is 0.806. The lowest BCUT2D eigenvalue weighted by molar-refractivity contribution is 0.402. The number of ether oxygens (including phenoxy) is 3. The standard InChI is InChI=1S/C17H18O3/c1-18-15-8-5-13(6-9-15)4-7-14-12-16(19-2)10-11-17(14)20-3/h4-12H,1-3H3. The third-order valence-electron chi connectivity index (χ3n) is 3.01. The van der Waals surface area contributed by atoms with E-state index in [4.69, 9.17) is 14.2 Å². The lowest BCUT2D eigenvalue weighted by Gasteiger charge is -2.07. The molecule has 2 rings (SSSR count). The van der Waals surface area contributed by atoms with Gasteiger partial charge in [-0.15, -0.1) is 0 Å². The second kappa shape index (κ2) is 6.66. The van der Waals surface area contributed by atoms with Gasteiger partial charge in [0, 0.05) is 5.56 Å². The molecule has 2 aromatic carbocycles. The highest BCUT2D eigenvalue weighted by atomic mass is 16.5. The summed E-state index contributed by atoms with van der Waals surface area (Å²) in [5, 5.41) is 0. The average molecular weight is 270 g/mol. The Morgan fingerprint density at radius 2 is 1.35 bits per heavy atom. The maximum absolute atomic E-state index is 5.34. The van der Waals surface area contributed by atoms with Crippen LogP contribution in [0, 0.1) is 0 Å². The van der Waals surface area contributed by atoms with E-state index in [-0.39, 0.29) is 0 Å². The Hall–Kier alpha value is -2.42. The lowest BCUT2D eigenvalue weighted by atomic mass is 10.1. The van der Waals surface area contributed by atoms with E-state index in [2.05, 4.69) is 0 Å². The molecule has 0 amide bonds. The molecule has 2 aromatic rings. The van der Waals surface area contributed by atoms with Gasteiger partial charge in [-0.2, -0.15) is 0 Å². The quantitative estimate of drug-likeness (QED) is 0.772. The summed E-state index contributed by atoms with van der Waals surface area (Å²) in [5.41, 5.74) is 2.07. The van der Waals surface area contributed by atoms with Gasteiger partial charge in [-0.25, -0.2) is 0 Å². The molecule has 0 unspecified atom stereocenters. The first-order chi connectivity index (χ1) is 9.76. The van der Waals surface area contributed by atoms with E-state index in [1.165, 1.54) is 0 Å². The average Bonchev–Trinajstić information content (AvgIpc) is 2.53. The van der Waals surface area contributed by atoms with Crippen LogP contribution >= 0.6 is 0 Å². The first-order valence-electron chi connectivity index (χ1n) is 6.31. The van der Waals surface area contributed by atoms with E-state index in [1.807, 2.05) is 54.6 Å². The Labute approximate surface area is 119 Å². The van der Waals surface area contributed by atoms with Gasteiger partial charge in [0.1, 0.15) is 17.2 Å². The molecule has 20 heavy (non-hydrogen) atoms. The smallest absolute Gasteiger partial charge is 0.126 e. The van der Waals surface area contributed by atoms with Crippen molar-refractivity contribution >= 4 is 12.2 Å². The number of hydrogen-bond donors (Lipinski definition) is 0. The molecule has 0 heterocycles. The van der Waals surface area contributed by atoms with Crippen LogP contribution in [0.2, 0.25) is 0 Å². The molecule has 104 valence electrons. The van der Waals surface area contributed by atoms with Gasteiger partial charge in [-0.05, 0) is 35.9 Å². The lowest BCUT2D eigenvalue weighted by Crippen LogP contribution is -1.89. The molecule has 0 saturated carbocycles. The van der Waals surface area contributed by atoms with E-state index in [1.54, 1.807) is 21.3 Å². The van der Waals surface area contributed by atoms with Crippen LogP contribution in [-0.2, 0) is 0 Å². The molecular weight excluding hydrogens is 252 g/mol. The summed E-state index contributed by atoms with van der Waals surface area (Å²) in [6, 6.07) is 13.6. The molecule has 0 aliphatic rings. The Kier molecular flexibility index (Phi) is 4.66. The summed E-state index contributed by atoms with van der Waals surface area (Å²) >= 11 is 0. The highest BCUT2D eigenvalue weighted by molar-refractivity contribution is 5.73. The van der Waals surface area contributed by atoms with Crippen molar-refractivity contribution in [3.8, 4) is 17.2 Å². The van der Waals surface area contributed by atoms with Crippen LogP contribution in [0.5, 0.6) is 17.2 Å². The Bertz CT molecular complexity index is 586. The van der Waals surface area contributed by atoms with Gasteiger partial charge >= 0.3 is 0 Å². The zero-order valence-electron chi connectivity index (χ0n) is 11.9. The van der Waals surface area contributed by atoms with E-state index in [0.717, 1.165) is 28.4 Å². The van der Waals surface area contributed by atoms with Crippen LogP contribution in [0.3, 0.4) is 0 Å². The summed E-state index contributed by atoms with van der Waals surface area (Å²) < 4.78 is 15.7. The normalized spacial score (nSPS) is 10.6. The van der Waals surface area contributed by atoms with Crippen molar-refractivity contribution in [3.63, 3.8) is 0 Å². The zero-order valence-corrected chi connectivity index (χ0v) is 11.9. The van der Waals surface area contributed by atoms with E-state index in [9.17, 15) is 0 Å². The van der Waals surface area contributed by atoms with Crippen molar-refractivity contribution in [3.05, 3.63) is 53.6 Å². The van der Waals surface area contributed by atoms with Crippen molar-refractivity contribution in [2.45, 2.75) is 0 Å². The summed E-state index contributed by atoms with van der Waals surface area (Å²) in [7, 11) is 4.97. The second-order valence-corrected chi connectivity index (χ2v) is 4.21. The van der Waals surface area contributed by atoms with Gasteiger partial charge in [0.25, 0.3) is 0 Å². The molecule has 3 heteroatoms. The number of rotatable bonds is 5. The monoisotopic (exact) mass is 270 g/mol.